The summed E-state index contributed by atoms with van der Waals surface area (Å²) in [6.45, 7) is 1.61. The molecule has 1 heterocycles. The van der Waals surface area contributed by atoms with Crippen molar-refractivity contribution in [2.24, 2.45) is 5.92 Å². The van der Waals surface area contributed by atoms with E-state index in [1.54, 1.807) is 0 Å². The molecule has 2 aliphatic rings. The van der Waals surface area contributed by atoms with Gasteiger partial charge < -0.3 is 4.90 Å². The molecule has 1 amide bonds. The largest absolute Gasteiger partial charge is 0.338 e. The zero-order valence-corrected chi connectivity index (χ0v) is 10.5. The molecule has 0 saturated heterocycles. The Morgan fingerprint density at radius 2 is 2.12 bits per heavy atom. The molecule has 17 heavy (non-hydrogen) atoms. The van der Waals surface area contributed by atoms with Gasteiger partial charge in [0.2, 0.25) is 5.91 Å². The van der Waals surface area contributed by atoms with Gasteiger partial charge in [-0.3, -0.25) is 4.79 Å². The van der Waals surface area contributed by atoms with Crippen LogP contribution in [0.1, 0.15) is 30.4 Å². The van der Waals surface area contributed by atoms with Crippen LogP contribution in [0, 0.1) is 5.92 Å². The third kappa shape index (κ3) is 2.06. The van der Waals surface area contributed by atoms with Crippen molar-refractivity contribution in [1.82, 2.24) is 4.90 Å². The molecule has 0 bridgehead atoms. The Bertz CT molecular complexity index is 454. The number of fused-ring (bicyclic) bond motifs is 1. The van der Waals surface area contributed by atoms with E-state index in [4.69, 9.17) is 11.6 Å². The molecule has 1 aromatic rings. The summed E-state index contributed by atoms with van der Waals surface area (Å²) in [6, 6.07) is 6.02. The van der Waals surface area contributed by atoms with Gasteiger partial charge in [0.1, 0.15) is 0 Å². The van der Waals surface area contributed by atoms with E-state index < -0.39 is 0 Å². The first-order chi connectivity index (χ1) is 8.24. The fourth-order valence-electron chi connectivity index (χ4n) is 2.63. The van der Waals surface area contributed by atoms with Gasteiger partial charge in [-0.2, -0.15) is 0 Å². The smallest absolute Gasteiger partial charge is 0.225 e. The van der Waals surface area contributed by atoms with E-state index in [0.29, 0.717) is 11.8 Å². The van der Waals surface area contributed by atoms with Crippen LogP contribution in [0.4, 0.5) is 0 Å². The van der Waals surface area contributed by atoms with Gasteiger partial charge >= 0.3 is 0 Å². The topological polar surface area (TPSA) is 20.3 Å². The van der Waals surface area contributed by atoms with Crippen LogP contribution in [0.25, 0.3) is 0 Å². The van der Waals surface area contributed by atoms with Crippen molar-refractivity contribution in [2.45, 2.75) is 32.2 Å². The van der Waals surface area contributed by atoms with Gasteiger partial charge in [-0.25, -0.2) is 0 Å². The monoisotopic (exact) mass is 249 g/mol. The molecule has 0 radical (unpaired) electrons. The van der Waals surface area contributed by atoms with E-state index in [1.807, 2.05) is 17.0 Å². The summed E-state index contributed by atoms with van der Waals surface area (Å²) < 4.78 is 0. The number of hydrogen-bond donors (Lipinski definition) is 0. The van der Waals surface area contributed by atoms with E-state index in [-0.39, 0.29) is 0 Å². The standard InChI is InChI=1S/C14H16ClNO/c15-13-5-4-10-6-7-16(9-12(10)8-13)14(17)11-2-1-3-11/h4-5,8,11H,1-3,6-7,9H2. The summed E-state index contributed by atoms with van der Waals surface area (Å²) >= 11 is 6.00. The zero-order chi connectivity index (χ0) is 11.8. The van der Waals surface area contributed by atoms with Crippen molar-refractivity contribution in [1.29, 1.82) is 0 Å². The first-order valence-corrected chi connectivity index (χ1v) is 6.68. The molecule has 1 saturated carbocycles. The molecule has 0 unspecified atom stereocenters. The first-order valence-electron chi connectivity index (χ1n) is 6.30. The number of hydrogen-bond acceptors (Lipinski definition) is 1. The zero-order valence-electron chi connectivity index (χ0n) is 9.79. The van der Waals surface area contributed by atoms with Crippen molar-refractivity contribution in [3.8, 4) is 0 Å². The van der Waals surface area contributed by atoms with Crippen LogP contribution < -0.4 is 0 Å². The maximum Gasteiger partial charge on any atom is 0.225 e. The minimum Gasteiger partial charge on any atom is -0.338 e. The van der Waals surface area contributed by atoms with E-state index in [9.17, 15) is 4.79 Å². The summed E-state index contributed by atoms with van der Waals surface area (Å²) in [5, 5.41) is 0.765. The second-order valence-corrected chi connectivity index (χ2v) is 5.49. The Kier molecular flexibility index (Phi) is 2.83. The molecule has 0 aromatic heterocycles. The predicted molar refractivity (Wildman–Crippen MR) is 67.9 cm³/mol. The highest BCUT2D eigenvalue weighted by molar-refractivity contribution is 6.30. The number of nitrogens with zero attached hydrogens (tertiary/aromatic N) is 1. The lowest BCUT2D eigenvalue weighted by Gasteiger charge is -2.34. The Morgan fingerprint density at radius 1 is 1.29 bits per heavy atom. The van der Waals surface area contributed by atoms with Crippen molar-refractivity contribution in [3.63, 3.8) is 0 Å². The molecule has 0 spiro atoms. The Labute approximate surface area is 107 Å². The molecular weight excluding hydrogens is 234 g/mol. The number of carbonyl (C=O) groups is 1. The average molecular weight is 250 g/mol. The molecule has 3 heteroatoms. The van der Waals surface area contributed by atoms with E-state index >= 15 is 0 Å². The number of halogens is 1. The molecule has 1 aliphatic carbocycles. The molecule has 2 nitrogen and oxygen atoms in total. The summed E-state index contributed by atoms with van der Waals surface area (Å²) in [6.07, 6.45) is 4.34. The fourth-order valence-corrected chi connectivity index (χ4v) is 2.82. The highest BCUT2D eigenvalue weighted by Gasteiger charge is 2.30. The quantitative estimate of drug-likeness (QED) is 0.749. The van der Waals surface area contributed by atoms with Crippen LogP contribution in [0.15, 0.2) is 18.2 Å². The van der Waals surface area contributed by atoms with Gasteiger partial charge in [0, 0.05) is 24.0 Å². The van der Waals surface area contributed by atoms with Gasteiger partial charge in [-0.15, -0.1) is 0 Å². The highest BCUT2D eigenvalue weighted by atomic mass is 35.5. The molecule has 0 atom stereocenters. The van der Waals surface area contributed by atoms with Gasteiger partial charge in [-0.1, -0.05) is 24.1 Å². The second-order valence-electron chi connectivity index (χ2n) is 5.05. The molecule has 3 rings (SSSR count). The Morgan fingerprint density at radius 3 is 2.82 bits per heavy atom. The average Bonchev–Trinajstić information content (AvgIpc) is 2.25. The van der Waals surface area contributed by atoms with Crippen LogP contribution in [-0.2, 0) is 17.8 Å². The lowest BCUT2D eigenvalue weighted by atomic mass is 9.84. The maximum absolute atomic E-state index is 12.2. The lowest BCUT2D eigenvalue weighted by Crippen LogP contribution is -2.41. The van der Waals surface area contributed by atoms with Crippen molar-refractivity contribution in [3.05, 3.63) is 34.3 Å². The van der Waals surface area contributed by atoms with Crippen LogP contribution in [-0.4, -0.2) is 17.4 Å². The third-order valence-corrected chi connectivity index (χ3v) is 4.18. The molecule has 0 N–H and O–H groups in total. The number of amides is 1. The van der Waals surface area contributed by atoms with Gasteiger partial charge in [0.25, 0.3) is 0 Å². The van der Waals surface area contributed by atoms with Crippen molar-refractivity contribution < 1.29 is 4.79 Å². The Balaban J connectivity index is 1.77. The highest BCUT2D eigenvalue weighted by Crippen LogP contribution is 2.30. The SMILES string of the molecule is O=C(C1CCC1)N1CCc2ccc(Cl)cc2C1. The van der Waals surface area contributed by atoms with Crippen LogP contribution in [0.5, 0.6) is 0 Å². The molecule has 1 aromatic carbocycles. The van der Waals surface area contributed by atoms with Crippen LogP contribution in [0.3, 0.4) is 0 Å². The summed E-state index contributed by atoms with van der Waals surface area (Å²) in [5.41, 5.74) is 2.56. The summed E-state index contributed by atoms with van der Waals surface area (Å²) in [5.74, 6) is 0.651. The first kappa shape index (κ1) is 11.1. The minimum atomic E-state index is 0.302. The Hall–Kier alpha value is -1.02. The number of carbonyl (C=O) groups excluding carboxylic acids is 1. The van der Waals surface area contributed by atoms with Crippen LogP contribution in [0.2, 0.25) is 5.02 Å². The second kappa shape index (κ2) is 4.34. The lowest BCUT2D eigenvalue weighted by molar-refractivity contribution is -0.139. The molecule has 1 aliphatic heterocycles. The van der Waals surface area contributed by atoms with Crippen molar-refractivity contribution >= 4 is 17.5 Å². The molecule has 1 fully saturated rings. The summed E-state index contributed by atoms with van der Waals surface area (Å²) in [7, 11) is 0. The van der Waals surface area contributed by atoms with Gasteiger partial charge in [0.15, 0.2) is 0 Å². The molecule has 90 valence electrons. The predicted octanol–water partition coefficient (Wildman–Crippen LogP) is 3.02. The summed E-state index contributed by atoms with van der Waals surface area (Å²) in [4.78, 5) is 14.2. The third-order valence-electron chi connectivity index (χ3n) is 3.95. The number of rotatable bonds is 1. The molecular formula is C14H16ClNO. The van der Waals surface area contributed by atoms with E-state index in [0.717, 1.165) is 37.4 Å². The van der Waals surface area contributed by atoms with Crippen molar-refractivity contribution in [2.75, 3.05) is 6.54 Å². The van der Waals surface area contributed by atoms with Crippen LogP contribution >= 0.6 is 11.6 Å². The van der Waals surface area contributed by atoms with E-state index in [2.05, 4.69) is 6.07 Å². The van der Waals surface area contributed by atoms with Gasteiger partial charge in [0.05, 0.1) is 0 Å². The maximum atomic E-state index is 12.2. The minimum absolute atomic E-state index is 0.302. The fraction of sp³-hybridized carbons (Fsp3) is 0.500. The number of benzene rings is 1. The van der Waals surface area contributed by atoms with Gasteiger partial charge in [-0.05, 0) is 42.5 Å². The normalized spacial score (nSPS) is 19.7. The van der Waals surface area contributed by atoms with E-state index in [1.165, 1.54) is 17.5 Å².